The van der Waals surface area contributed by atoms with Crippen LogP contribution in [-0.4, -0.2) is 94.1 Å². The first kappa shape index (κ1) is 47.2. The summed E-state index contributed by atoms with van der Waals surface area (Å²) in [6, 6.07) is 15.4. The highest BCUT2D eigenvalue weighted by molar-refractivity contribution is 6.01. The molecule has 11 nitrogen and oxygen atoms in total. The van der Waals surface area contributed by atoms with Crippen molar-refractivity contribution in [3.63, 3.8) is 0 Å². The average molecular weight is 846 g/mol. The number of hydrogen-bond acceptors (Lipinski definition) is 11. The van der Waals surface area contributed by atoms with E-state index in [9.17, 15) is 35.1 Å². The minimum atomic E-state index is -1.20. The fraction of sp³-hybridized carbons (Fsp3) is 0.640. The SMILES string of the molecule is CCCC1O[C@@H]2C[C@H]3[C@@H]4CCC5=CC(=O)C=C[C@]5(C)[C@H]4[C@@H](O)C[C@]3(C)[C@]2(C(=O)CO)O1.OCc1cc(C(O)CNCCCCCCOCCCCc2ccccc2)ccc1O. The van der Waals surface area contributed by atoms with Gasteiger partial charge in [-0.25, -0.2) is 0 Å². The highest BCUT2D eigenvalue weighted by atomic mass is 16.7. The van der Waals surface area contributed by atoms with Crippen molar-refractivity contribution >= 4 is 11.6 Å². The number of aryl methyl sites for hydroxylation is 1. The molecule has 1 saturated heterocycles. The third-order valence-electron chi connectivity index (χ3n) is 14.6. The summed E-state index contributed by atoms with van der Waals surface area (Å²) < 4.78 is 18.4. The van der Waals surface area contributed by atoms with E-state index >= 15 is 0 Å². The Morgan fingerprint density at radius 3 is 2.51 bits per heavy atom. The van der Waals surface area contributed by atoms with Gasteiger partial charge in [0.2, 0.25) is 0 Å². The molecule has 2 aromatic carbocycles. The van der Waals surface area contributed by atoms with E-state index in [1.54, 1.807) is 24.3 Å². The first-order valence-corrected chi connectivity index (χ1v) is 22.9. The number of rotatable bonds is 20. The molecule has 0 aromatic heterocycles. The van der Waals surface area contributed by atoms with E-state index in [0.29, 0.717) is 36.9 Å². The second-order valence-electron chi connectivity index (χ2n) is 18.5. The monoisotopic (exact) mass is 846 g/mol. The number of Topliss-reactive ketones (excluding diaryl/α,β-unsaturated/α-hetero) is 1. The minimum Gasteiger partial charge on any atom is -0.508 e. The third kappa shape index (κ3) is 10.3. The number of carbonyl (C=O) groups excluding carboxylic acids is 2. The number of benzene rings is 2. The maximum atomic E-state index is 13.2. The van der Waals surface area contributed by atoms with E-state index in [0.717, 1.165) is 83.1 Å². The van der Waals surface area contributed by atoms with Gasteiger partial charge in [0.1, 0.15) is 12.4 Å². The summed E-state index contributed by atoms with van der Waals surface area (Å²) in [6.07, 6.45) is 15.6. The molecule has 2 unspecified atom stereocenters. The van der Waals surface area contributed by atoms with Crippen molar-refractivity contribution in [2.45, 2.75) is 141 Å². The van der Waals surface area contributed by atoms with Crippen LogP contribution in [0.25, 0.3) is 0 Å². The van der Waals surface area contributed by atoms with Gasteiger partial charge in [-0.1, -0.05) is 88.1 Å². The minimum absolute atomic E-state index is 0.0125. The van der Waals surface area contributed by atoms with Crippen LogP contribution in [0.4, 0.5) is 0 Å². The highest BCUT2D eigenvalue weighted by Gasteiger charge is 2.75. The van der Waals surface area contributed by atoms with Crippen LogP contribution in [0.5, 0.6) is 5.75 Å². The van der Waals surface area contributed by atoms with Crippen molar-refractivity contribution in [1.29, 1.82) is 0 Å². The van der Waals surface area contributed by atoms with Crippen LogP contribution >= 0.6 is 0 Å². The average Bonchev–Trinajstić information content (AvgIpc) is 3.74. The fourth-order valence-corrected chi connectivity index (χ4v) is 11.5. The van der Waals surface area contributed by atoms with Crippen molar-refractivity contribution < 1.29 is 49.3 Å². The number of allylic oxidation sites excluding steroid dienone is 4. The lowest BCUT2D eigenvalue weighted by molar-refractivity contribution is -0.200. The molecule has 4 aliphatic carbocycles. The van der Waals surface area contributed by atoms with E-state index in [1.165, 1.54) is 18.1 Å². The number of ether oxygens (including phenoxy) is 3. The van der Waals surface area contributed by atoms with Gasteiger partial charge in [-0.15, -0.1) is 0 Å². The van der Waals surface area contributed by atoms with Crippen LogP contribution in [0, 0.1) is 28.6 Å². The van der Waals surface area contributed by atoms with Gasteiger partial charge in [-0.3, -0.25) is 9.59 Å². The molecule has 10 atom stereocenters. The van der Waals surface area contributed by atoms with Crippen molar-refractivity contribution in [2.75, 3.05) is 32.9 Å². The Bertz CT molecular complexity index is 1820. The van der Waals surface area contributed by atoms with Crippen molar-refractivity contribution in [1.82, 2.24) is 5.32 Å². The van der Waals surface area contributed by atoms with Gasteiger partial charge in [0.15, 0.2) is 23.5 Å². The number of aromatic hydroxyl groups is 1. The lowest BCUT2D eigenvalue weighted by Crippen LogP contribution is -2.63. The van der Waals surface area contributed by atoms with Gasteiger partial charge in [-0.2, -0.15) is 0 Å². The van der Waals surface area contributed by atoms with Crippen LogP contribution < -0.4 is 5.32 Å². The first-order valence-electron chi connectivity index (χ1n) is 22.9. The van der Waals surface area contributed by atoms with Gasteiger partial charge in [0, 0.05) is 42.1 Å². The highest BCUT2D eigenvalue weighted by Crippen LogP contribution is 2.69. The summed E-state index contributed by atoms with van der Waals surface area (Å²) >= 11 is 0. The van der Waals surface area contributed by atoms with E-state index in [2.05, 4.69) is 56.4 Å². The van der Waals surface area contributed by atoms with Gasteiger partial charge in [-0.05, 0) is 118 Å². The largest absolute Gasteiger partial charge is 0.508 e. The van der Waals surface area contributed by atoms with Crippen molar-refractivity contribution in [3.8, 4) is 5.75 Å². The maximum Gasteiger partial charge on any atom is 0.193 e. The number of fused-ring (bicyclic) bond motifs is 7. The quantitative estimate of drug-likeness (QED) is 0.0772. The molecule has 11 heteroatoms. The summed E-state index contributed by atoms with van der Waals surface area (Å²) in [5.41, 5.74) is 1.49. The standard InChI is InChI=1S/C25H37NO4.C25H34O6/c27-20-23-18-22(13-14-24(23)28)25(29)19-26-15-7-1-2-8-16-30-17-9-6-12-21-10-4-3-5-11-21;1-4-5-21-30-20-11-17-16-7-6-14-10-15(27)8-9-23(14,2)22(16)18(28)12-24(17,3)25(20,31-21)19(29)13-26/h3-5,10-11,13-14,18,25-29H,1-2,6-9,12,15-17,19-20H2;8-10,16-18,20-22,26,28H,4-7,11-13H2,1-3H3/t;16-,17-,18-,20+,21?,22+,23-,24-,25+/m.0/s1. The molecule has 1 aliphatic heterocycles. The van der Waals surface area contributed by atoms with Crippen LogP contribution in [0.15, 0.2) is 72.3 Å². The molecular formula is C50H71NO10. The Hall–Kier alpha value is -3.26. The Morgan fingerprint density at radius 2 is 1.77 bits per heavy atom. The molecule has 4 fully saturated rings. The molecule has 3 saturated carbocycles. The molecule has 336 valence electrons. The fourth-order valence-electron chi connectivity index (χ4n) is 11.5. The Morgan fingerprint density at radius 1 is 1.02 bits per heavy atom. The molecule has 1 heterocycles. The lowest BCUT2D eigenvalue weighted by atomic mass is 9.46. The van der Waals surface area contributed by atoms with E-state index in [-0.39, 0.29) is 47.1 Å². The van der Waals surface area contributed by atoms with E-state index < -0.39 is 42.2 Å². The van der Waals surface area contributed by atoms with Gasteiger partial charge >= 0.3 is 0 Å². The number of unbranched alkanes of at least 4 members (excludes halogenated alkanes) is 4. The zero-order valence-corrected chi connectivity index (χ0v) is 36.6. The predicted molar refractivity (Wildman–Crippen MR) is 233 cm³/mol. The summed E-state index contributed by atoms with van der Waals surface area (Å²) in [5.74, 6) is 0.0807. The Balaban J connectivity index is 0.000000204. The van der Waals surface area contributed by atoms with Gasteiger partial charge in [0.25, 0.3) is 0 Å². The summed E-state index contributed by atoms with van der Waals surface area (Å²) in [7, 11) is 0. The van der Waals surface area contributed by atoms with Crippen LogP contribution in [0.1, 0.15) is 121 Å². The molecule has 0 bridgehead atoms. The zero-order chi connectivity index (χ0) is 43.6. The van der Waals surface area contributed by atoms with Gasteiger partial charge < -0.3 is 45.1 Å². The van der Waals surface area contributed by atoms with Gasteiger partial charge in [0.05, 0.1) is 24.9 Å². The molecule has 2 aromatic rings. The molecule has 0 amide bonds. The molecule has 7 rings (SSSR count). The van der Waals surface area contributed by atoms with Crippen LogP contribution in [0.3, 0.4) is 0 Å². The normalized spacial score (nSPS) is 31.6. The second-order valence-corrected chi connectivity index (χ2v) is 18.5. The van der Waals surface area contributed by atoms with Crippen LogP contribution in [0.2, 0.25) is 0 Å². The topological polar surface area (TPSA) is 175 Å². The molecule has 61 heavy (non-hydrogen) atoms. The number of phenols is 1. The zero-order valence-electron chi connectivity index (χ0n) is 36.6. The van der Waals surface area contributed by atoms with Crippen LogP contribution in [-0.2, 0) is 36.8 Å². The number of nitrogens with one attached hydrogen (secondary N) is 1. The molecule has 5 aliphatic rings. The number of hydrogen-bond donors (Lipinski definition) is 6. The summed E-state index contributed by atoms with van der Waals surface area (Å²) in [6.45, 7) is 8.45. The predicted octanol–water partition coefficient (Wildman–Crippen LogP) is 6.82. The first-order chi connectivity index (χ1) is 29.4. The molecule has 0 spiro atoms. The Kier molecular flexibility index (Phi) is 16.6. The number of ketones is 2. The Labute approximate surface area is 362 Å². The third-order valence-corrected chi connectivity index (χ3v) is 14.6. The van der Waals surface area contributed by atoms with Crippen molar-refractivity contribution in [2.24, 2.45) is 28.6 Å². The number of carbonyl (C=O) groups is 2. The van der Waals surface area contributed by atoms with E-state index in [1.807, 2.05) is 6.08 Å². The lowest BCUT2D eigenvalue weighted by Gasteiger charge is -2.59. The number of aliphatic hydroxyl groups is 4. The molecular weight excluding hydrogens is 775 g/mol. The molecule has 6 N–H and O–H groups in total. The maximum absolute atomic E-state index is 13.2. The van der Waals surface area contributed by atoms with E-state index in [4.69, 9.17) is 14.2 Å². The second kappa shape index (κ2) is 21.4. The smallest absolute Gasteiger partial charge is 0.193 e. The number of aliphatic hydroxyl groups excluding tert-OH is 4. The summed E-state index contributed by atoms with van der Waals surface area (Å²) in [4.78, 5) is 25.2. The molecule has 0 radical (unpaired) electrons. The summed E-state index contributed by atoms with van der Waals surface area (Å²) in [5, 5.41) is 53.7. The van der Waals surface area contributed by atoms with Crippen molar-refractivity contribution in [3.05, 3.63) is 89.0 Å².